The van der Waals surface area contributed by atoms with E-state index >= 15 is 0 Å². The SMILES string of the molecule is CCn1cc(NC(=O)[C@@H]2CC[C@H](Cl)C2)ccc1=O. The number of carbonyl (C=O) groups excluding carboxylic acids is 1. The molecule has 98 valence electrons. The van der Waals surface area contributed by atoms with Crippen LogP contribution in [0.15, 0.2) is 23.1 Å². The van der Waals surface area contributed by atoms with Gasteiger partial charge in [-0.3, -0.25) is 9.59 Å². The van der Waals surface area contributed by atoms with Crippen LogP contribution >= 0.6 is 11.6 Å². The normalized spacial score (nSPS) is 23.0. The van der Waals surface area contributed by atoms with Gasteiger partial charge in [0.25, 0.3) is 5.56 Å². The van der Waals surface area contributed by atoms with E-state index in [2.05, 4.69) is 5.32 Å². The molecule has 4 nitrogen and oxygen atoms in total. The van der Waals surface area contributed by atoms with Crippen LogP contribution in [0.3, 0.4) is 0 Å². The van der Waals surface area contributed by atoms with Crippen molar-refractivity contribution in [3.05, 3.63) is 28.7 Å². The smallest absolute Gasteiger partial charge is 0.250 e. The van der Waals surface area contributed by atoms with Crippen molar-refractivity contribution in [1.29, 1.82) is 0 Å². The zero-order chi connectivity index (χ0) is 13.1. The maximum absolute atomic E-state index is 12.0. The minimum Gasteiger partial charge on any atom is -0.325 e. The quantitative estimate of drug-likeness (QED) is 0.855. The summed E-state index contributed by atoms with van der Waals surface area (Å²) in [6, 6.07) is 3.11. The molecule has 1 fully saturated rings. The standard InChI is InChI=1S/C13H17ClN2O2/c1-2-16-8-11(5-6-12(16)17)15-13(18)9-3-4-10(14)7-9/h5-6,8-10H,2-4,7H2,1H3,(H,15,18)/t9-,10+/m1/s1. The number of hydrogen-bond donors (Lipinski definition) is 1. The van der Waals surface area contributed by atoms with Crippen LogP contribution in [0.4, 0.5) is 5.69 Å². The topological polar surface area (TPSA) is 51.1 Å². The fraction of sp³-hybridized carbons (Fsp3) is 0.538. The van der Waals surface area contributed by atoms with Crippen molar-refractivity contribution < 1.29 is 4.79 Å². The molecule has 5 heteroatoms. The zero-order valence-electron chi connectivity index (χ0n) is 10.4. The maximum atomic E-state index is 12.0. The molecule has 0 aliphatic heterocycles. The number of anilines is 1. The van der Waals surface area contributed by atoms with Gasteiger partial charge < -0.3 is 9.88 Å². The highest BCUT2D eigenvalue weighted by molar-refractivity contribution is 6.21. The van der Waals surface area contributed by atoms with E-state index in [-0.39, 0.29) is 22.8 Å². The lowest BCUT2D eigenvalue weighted by atomic mass is 10.1. The molecule has 0 saturated heterocycles. The summed E-state index contributed by atoms with van der Waals surface area (Å²) in [5, 5.41) is 2.97. The third-order valence-electron chi connectivity index (χ3n) is 3.33. The first-order valence-corrected chi connectivity index (χ1v) is 6.69. The van der Waals surface area contributed by atoms with E-state index in [1.165, 1.54) is 6.07 Å². The van der Waals surface area contributed by atoms with Crippen molar-refractivity contribution in [3.63, 3.8) is 0 Å². The molecule has 0 aromatic carbocycles. The molecule has 0 bridgehead atoms. The number of pyridine rings is 1. The number of rotatable bonds is 3. The number of aryl methyl sites for hydroxylation is 1. The molecule has 0 unspecified atom stereocenters. The van der Waals surface area contributed by atoms with E-state index in [0.717, 1.165) is 19.3 Å². The van der Waals surface area contributed by atoms with Crippen molar-refractivity contribution in [2.75, 3.05) is 5.32 Å². The van der Waals surface area contributed by atoms with Crippen LogP contribution in [0.1, 0.15) is 26.2 Å². The van der Waals surface area contributed by atoms with Crippen molar-refractivity contribution in [3.8, 4) is 0 Å². The second kappa shape index (κ2) is 5.57. The lowest BCUT2D eigenvalue weighted by Crippen LogP contribution is -2.23. The van der Waals surface area contributed by atoms with Crippen molar-refractivity contribution in [2.45, 2.75) is 38.1 Å². The van der Waals surface area contributed by atoms with Gasteiger partial charge in [-0.15, -0.1) is 11.6 Å². The highest BCUT2D eigenvalue weighted by atomic mass is 35.5. The molecular formula is C13H17ClN2O2. The van der Waals surface area contributed by atoms with Gasteiger partial charge >= 0.3 is 0 Å². The molecule has 1 aliphatic carbocycles. The second-order valence-electron chi connectivity index (χ2n) is 4.64. The lowest BCUT2D eigenvalue weighted by molar-refractivity contribution is -0.119. The zero-order valence-corrected chi connectivity index (χ0v) is 11.1. The van der Waals surface area contributed by atoms with Crippen molar-refractivity contribution >= 4 is 23.2 Å². The average molecular weight is 269 g/mol. The summed E-state index contributed by atoms with van der Waals surface area (Å²) in [6.07, 6.45) is 4.15. The number of halogens is 1. The third kappa shape index (κ3) is 2.93. The summed E-state index contributed by atoms with van der Waals surface area (Å²) in [7, 11) is 0. The number of carbonyl (C=O) groups is 1. The Hall–Kier alpha value is -1.29. The monoisotopic (exact) mass is 268 g/mol. The Morgan fingerprint density at radius 2 is 2.28 bits per heavy atom. The number of alkyl halides is 1. The van der Waals surface area contributed by atoms with Crippen LogP contribution in [0.5, 0.6) is 0 Å². The van der Waals surface area contributed by atoms with Gasteiger partial charge in [-0.05, 0) is 32.3 Å². The number of hydrogen-bond acceptors (Lipinski definition) is 2. The fourth-order valence-electron chi connectivity index (χ4n) is 2.26. The van der Waals surface area contributed by atoms with Gasteiger partial charge in [-0.1, -0.05) is 0 Å². The number of amides is 1. The molecule has 1 amide bonds. The van der Waals surface area contributed by atoms with E-state index in [9.17, 15) is 9.59 Å². The minimum atomic E-state index is -0.0582. The highest BCUT2D eigenvalue weighted by Gasteiger charge is 2.28. The van der Waals surface area contributed by atoms with Gasteiger partial charge in [0.05, 0.1) is 5.69 Å². The Kier molecular flexibility index (Phi) is 4.07. The van der Waals surface area contributed by atoms with Crippen LogP contribution in [0.25, 0.3) is 0 Å². The van der Waals surface area contributed by atoms with Crippen LogP contribution < -0.4 is 10.9 Å². The fourth-order valence-corrected chi connectivity index (χ4v) is 2.60. The number of aromatic nitrogens is 1. The molecule has 1 aliphatic rings. The van der Waals surface area contributed by atoms with Gasteiger partial charge in [0.2, 0.25) is 5.91 Å². The van der Waals surface area contributed by atoms with Gasteiger partial charge in [0.1, 0.15) is 0 Å². The lowest BCUT2D eigenvalue weighted by Gasteiger charge is -2.11. The molecule has 1 saturated carbocycles. The maximum Gasteiger partial charge on any atom is 0.250 e. The molecule has 18 heavy (non-hydrogen) atoms. The Morgan fingerprint density at radius 1 is 1.50 bits per heavy atom. The van der Waals surface area contributed by atoms with Gasteiger partial charge in [0, 0.05) is 30.1 Å². The summed E-state index contributed by atoms with van der Waals surface area (Å²) in [4.78, 5) is 23.4. The Balaban J connectivity index is 2.05. The molecule has 2 rings (SSSR count). The molecular weight excluding hydrogens is 252 g/mol. The van der Waals surface area contributed by atoms with Crippen LogP contribution in [0.2, 0.25) is 0 Å². The first kappa shape index (κ1) is 13.1. The predicted octanol–water partition coefficient (Wildman–Crippen LogP) is 2.21. The van der Waals surface area contributed by atoms with E-state index in [4.69, 9.17) is 11.6 Å². The van der Waals surface area contributed by atoms with Crippen LogP contribution in [0, 0.1) is 5.92 Å². The van der Waals surface area contributed by atoms with Crippen molar-refractivity contribution in [2.24, 2.45) is 5.92 Å². The van der Waals surface area contributed by atoms with Gasteiger partial charge in [-0.2, -0.15) is 0 Å². The molecule has 0 spiro atoms. The van der Waals surface area contributed by atoms with E-state index in [1.54, 1.807) is 16.8 Å². The summed E-state index contributed by atoms with van der Waals surface area (Å²) < 4.78 is 1.56. The molecule has 1 N–H and O–H groups in total. The number of nitrogens with one attached hydrogen (secondary N) is 1. The Bertz CT molecular complexity index is 498. The first-order chi connectivity index (χ1) is 8.60. The number of nitrogens with zero attached hydrogens (tertiary/aromatic N) is 1. The summed E-state index contributed by atoms with van der Waals surface area (Å²) in [5.74, 6) is -0.00560. The van der Waals surface area contributed by atoms with Crippen LogP contribution in [-0.2, 0) is 11.3 Å². The summed E-state index contributed by atoms with van der Waals surface area (Å²) in [5.41, 5.74) is 0.608. The van der Waals surface area contributed by atoms with Gasteiger partial charge in [-0.25, -0.2) is 0 Å². The van der Waals surface area contributed by atoms with E-state index < -0.39 is 0 Å². The average Bonchev–Trinajstić information content (AvgIpc) is 2.78. The minimum absolute atomic E-state index is 0.000507. The summed E-state index contributed by atoms with van der Waals surface area (Å²) >= 11 is 6.00. The van der Waals surface area contributed by atoms with Crippen molar-refractivity contribution in [1.82, 2.24) is 4.57 Å². The molecule has 1 aromatic rings. The van der Waals surface area contributed by atoms with Gasteiger partial charge in [0.15, 0.2) is 0 Å². The largest absolute Gasteiger partial charge is 0.325 e. The molecule has 2 atom stereocenters. The Morgan fingerprint density at radius 3 is 2.89 bits per heavy atom. The van der Waals surface area contributed by atoms with Crippen LogP contribution in [-0.4, -0.2) is 15.9 Å². The first-order valence-electron chi connectivity index (χ1n) is 6.25. The highest BCUT2D eigenvalue weighted by Crippen LogP contribution is 2.30. The second-order valence-corrected chi connectivity index (χ2v) is 5.26. The third-order valence-corrected chi connectivity index (χ3v) is 3.73. The molecule has 1 aromatic heterocycles. The van der Waals surface area contributed by atoms with E-state index in [0.29, 0.717) is 12.2 Å². The predicted molar refractivity (Wildman–Crippen MR) is 72.0 cm³/mol. The van der Waals surface area contributed by atoms with E-state index in [1.807, 2.05) is 6.92 Å². The molecule has 1 heterocycles. The molecule has 0 radical (unpaired) electrons. The summed E-state index contributed by atoms with van der Waals surface area (Å²) in [6.45, 7) is 2.48. The Labute approximate surface area is 111 Å².